The van der Waals surface area contributed by atoms with E-state index in [1.807, 2.05) is 13.8 Å². The van der Waals surface area contributed by atoms with E-state index in [-0.39, 0.29) is 12.0 Å². The molecule has 1 aliphatic heterocycles. The van der Waals surface area contributed by atoms with Crippen LogP contribution in [0.25, 0.3) is 0 Å². The Kier molecular flexibility index (Phi) is 4.32. The van der Waals surface area contributed by atoms with E-state index >= 15 is 0 Å². The van der Waals surface area contributed by atoms with E-state index in [4.69, 9.17) is 5.11 Å². The molecule has 1 saturated carbocycles. The minimum absolute atomic E-state index is 0.157. The summed E-state index contributed by atoms with van der Waals surface area (Å²) in [6.07, 6.45) is 2.30. The predicted octanol–water partition coefficient (Wildman–Crippen LogP) is 1.83. The number of nitrogens with zero attached hydrogens (tertiary/aromatic N) is 1. The monoisotopic (exact) mass is 203 g/mol. The van der Waals surface area contributed by atoms with Crippen LogP contribution in [0.4, 0.5) is 4.39 Å². The molecule has 0 radical (unpaired) electrons. The first kappa shape index (κ1) is 11.9. The van der Waals surface area contributed by atoms with Gasteiger partial charge >= 0.3 is 0 Å². The number of halogens is 1. The molecule has 84 valence electrons. The van der Waals surface area contributed by atoms with Gasteiger partial charge in [-0.1, -0.05) is 13.8 Å². The minimum atomic E-state index is -0.625. The highest BCUT2D eigenvalue weighted by Crippen LogP contribution is 2.46. The van der Waals surface area contributed by atoms with Gasteiger partial charge in [0.25, 0.3) is 0 Å². The van der Waals surface area contributed by atoms with Crippen molar-refractivity contribution in [3.8, 4) is 0 Å². The molecule has 2 rings (SSSR count). The molecule has 2 aliphatic rings. The van der Waals surface area contributed by atoms with Crippen LogP contribution in [0, 0.1) is 5.41 Å². The zero-order valence-corrected chi connectivity index (χ0v) is 9.30. The lowest BCUT2D eigenvalue weighted by Crippen LogP contribution is -2.30. The SMILES string of the molecule is CC.OCC1(CN2CCC(F)C2)CC1. The summed E-state index contributed by atoms with van der Waals surface area (Å²) in [7, 11) is 0. The fourth-order valence-electron chi connectivity index (χ4n) is 1.95. The molecule has 1 atom stereocenters. The Bertz CT molecular complexity index is 171. The number of rotatable bonds is 3. The van der Waals surface area contributed by atoms with Gasteiger partial charge in [-0.2, -0.15) is 0 Å². The van der Waals surface area contributed by atoms with E-state index in [1.165, 1.54) is 0 Å². The molecule has 0 spiro atoms. The molecule has 2 fully saturated rings. The number of hydrogen-bond acceptors (Lipinski definition) is 2. The summed E-state index contributed by atoms with van der Waals surface area (Å²) in [6, 6.07) is 0. The van der Waals surface area contributed by atoms with Crippen molar-refractivity contribution < 1.29 is 9.50 Å². The largest absolute Gasteiger partial charge is 0.396 e. The third-order valence-corrected chi connectivity index (χ3v) is 3.07. The van der Waals surface area contributed by atoms with Crippen LogP contribution < -0.4 is 0 Å². The van der Waals surface area contributed by atoms with Gasteiger partial charge in [-0.15, -0.1) is 0 Å². The molecule has 1 heterocycles. The van der Waals surface area contributed by atoms with E-state index in [0.29, 0.717) is 13.0 Å². The first-order valence-corrected chi connectivity index (χ1v) is 5.71. The molecule has 1 aliphatic carbocycles. The highest BCUT2D eigenvalue weighted by Gasteiger charge is 2.44. The highest BCUT2D eigenvalue weighted by atomic mass is 19.1. The van der Waals surface area contributed by atoms with Gasteiger partial charge in [0, 0.05) is 31.7 Å². The molecule has 1 N–H and O–H groups in total. The van der Waals surface area contributed by atoms with E-state index in [9.17, 15) is 4.39 Å². The van der Waals surface area contributed by atoms with E-state index in [2.05, 4.69) is 4.90 Å². The van der Waals surface area contributed by atoms with E-state index in [1.54, 1.807) is 0 Å². The molecule has 0 aromatic rings. The standard InChI is InChI=1S/C9H16FNO.C2H6/c10-8-1-4-11(5-8)6-9(7-12)2-3-9;1-2/h8,12H,1-7H2;1-2H3. The zero-order valence-electron chi connectivity index (χ0n) is 9.30. The molecule has 0 aromatic heterocycles. The van der Waals surface area contributed by atoms with Crippen LogP contribution in [0.3, 0.4) is 0 Å². The predicted molar refractivity (Wildman–Crippen MR) is 56.1 cm³/mol. The topological polar surface area (TPSA) is 23.5 Å². The van der Waals surface area contributed by atoms with Gasteiger partial charge in [0.1, 0.15) is 6.17 Å². The van der Waals surface area contributed by atoms with Crippen LogP contribution >= 0.6 is 0 Å². The number of likely N-dealkylation sites (tertiary alicyclic amines) is 1. The Balaban J connectivity index is 0.000000461. The maximum Gasteiger partial charge on any atom is 0.114 e. The summed E-state index contributed by atoms with van der Waals surface area (Å²) < 4.78 is 12.8. The molecule has 1 saturated heterocycles. The quantitative estimate of drug-likeness (QED) is 0.756. The third kappa shape index (κ3) is 2.92. The van der Waals surface area contributed by atoms with Crippen molar-refractivity contribution in [3.05, 3.63) is 0 Å². The zero-order chi connectivity index (χ0) is 10.6. The summed E-state index contributed by atoms with van der Waals surface area (Å²) in [4.78, 5) is 2.15. The molecule has 3 heteroatoms. The summed E-state index contributed by atoms with van der Waals surface area (Å²) in [5.41, 5.74) is 0.157. The summed E-state index contributed by atoms with van der Waals surface area (Å²) in [5.74, 6) is 0. The minimum Gasteiger partial charge on any atom is -0.396 e. The second kappa shape index (κ2) is 5.08. The molecule has 14 heavy (non-hydrogen) atoms. The molecule has 2 nitrogen and oxygen atoms in total. The van der Waals surface area contributed by atoms with Crippen LogP contribution in [0.1, 0.15) is 33.1 Å². The lowest BCUT2D eigenvalue weighted by atomic mass is 10.1. The van der Waals surface area contributed by atoms with Crippen molar-refractivity contribution in [1.29, 1.82) is 0 Å². The highest BCUT2D eigenvalue weighted by molar-refractivity contribution is 4.96. The second-order valence-electron chi connectivity index (χ2n) is 4.28. The molecular weight excluding hydrogens is 181 g/mol. The first-order valence-electron chi connectivity index (χ1n) is 5.71. The van der Waals surface area contributed by atoms with Crippen molar-refractivity contribution in [2.75, 3.05) is 26.2 Å². The number of hydrogen-bond donors (Lipinski definition) is 1. The van der Waals surface area contributed by atoms with Gasteiger partial charge in [-0.3, -0.25) is 4.90 Å². The Hall–Kier alpha value is -0.150. The van der Waals surface area contributed by atoms with Crippen LogP contribution in [-0.2, 0) is 0 Å². The van der Waals surface area contributed by atoms with E-state index in [0.717, 1.165) is 25.9 Å². The number of aliphatic hydroxyl groups is 1. The normalized spacial score (nSPS) is 29.6. The van der Waals surface area contributed by atoms with Crippen molar-refractivity contribution >= 4 is 0 Å². The summed E-state index contributed by atoms with van der Waals surface area (Å²) in [6.45, 7) is 6.65. The third-order valence-electron chi connectivity index (χ3n) is 3.07. The Labute approximate surface area is 86.1 Å². The summed E-state index contributed by atoms with van der Waals surface area (Å²) >= 11 is 0. The maximum absolute atomic E-state index is 12.8. The average Bonchev–Trinajstić information content (AvgIpc) is 2.87. The fourth-order valence-corrected chi connectivity index (χ4v) is 1.95. The van der Waals surface area contributed by atoms with Crippen LogP contribution in [0.5, 0.6) is 0 Å². The van der Waals surface area contributed by atoms with Gasteiger partial charge in [0.15, 0.2) is 0 Å². The molecular formula is C11H22FNO. The van der Waals surface area contributed by atoms with Gasteiger partial charge in [0.2, 0.25) is 0 Å². The van der Waals surface area contributed by atoms with Gasteiger partial charge < -0.3 is 5.11 Å². The van der Waals surface area contributed by atoms with Crippen molar-refractivity contribution in [2.45, 2.75) is 39.3 Å². The van der Waals surface area contributed by atoms with Gasteiger partial charge in [0.05, 0.1) is 0 Å². The smallest absolute Gasteiger partial charge is 0.114 e. The van der Waals surface area contributed by atoms with Crippen LogP contribution in [-0.4, -0.2) is 42.4 Å². The first-order chi connectivity index (χ1) is 6.74. The van der Waals surface area contributed by atoms with Crippen LogP contribution in [0.15, 0.2) is 0 Å². The Morgan fingerprint density at radius 1 is 1.43 bits per heavy atom. The van der Waals surface area contributed by atoms with Gasteiger partial charge in [-0.25, -0.2) is 4.39 Å². The summed E-state index contributed by atoms with van der Waals surface area (Å²) in [5, 5.41) is 9.06. The fraction of sp³-hybridized carbons (Fsp3) is 1.00. The molecule has 0 aromatic carbocycles. The van der Waals surface area contributed by atoms with Crippen molar-refractivity contribution in [3.63, 3.8) is 0 Å². The van der Waals surface area contributed by atoms with Gasteiger partial charge in [-0.05, 0) is 19.3 Å². The van der Waals surface area contributed by atoms with E-state index < -0.39 is 6.17 Å². The lowest BCUT2D eigenvalue weighted by Gasteiger charge is -2.20. The molecule has 0 bridgehead atoms. The van der Waals surface area contributed by atoms with Crippen LogP contribution in [0.2, 0.25) is 0 Å². The maximum atomic E-state index is 12.8. The number of aliphatic hydroxyl groups excluding tert-OH is 1. The Morgan fingerprint density at radius 3 is 2.43 bits per heavy atom. The Morgan fingerprint density at radius 2 is 2.07 bits per heavy atom. The number of alkyl halides is 1. The van der Waals surface area contributed by atoms with Crippen molar-refractivity contribution in [2.24, 2.45) is 5.41 Å². The molecule has 1 unspecified atom stereocenters. The second-order valence-corrected chi connectivity index (χ2v) is 4.28. The lowest BCUT2D eigenvalue weighted by molar-refractivity contribution is 0.158. The average molecular weight is 203 g/mol. The molecule has 0 amide bonds. The van der Waals surface area contributed by atoms with Crippen molar-refractivity contribution in [1.82, 2.24) is 4.90 Å².